The molecule has 1 aromatic rings. The molecular formula is C10H14FNOS. The highest BCUT2D eigenvalue weighted by Gasteiger charge is 2.09. The van der Waals surface area contributed by atoms with E-state index in [0.29, 0.717) is 5.69 Å². The summed E-state index contributed by atoms with van der Waals surface area (Å²) < 4.78 is 21.4. The van der Waals surface area contributed by atoms with Gasteiger partial charge in [-0.25, -0.2) is 4.39 Å². The molecule has 0 heterocycles. The molecule has 1 aromatic carbocycles. The van der Waals surface area contributed by atoms with Crippen molar-refractivity contribution < 1.29 is 9.13 Å². The Bertz CT molecular complexity index is 317. The molecule has 0 amide bonds. The van der Waals surface area contributed by atoms with E-state index in [2.05, 4.69) is 4.72 Å². The Labute approximate surface area is 88.0 Å². The zero-order chi connectivity index (χ0) is 10.6. The van der Waals surface area contributed by atoms with E-state index in [-0.39, 0.29) is 11.6 Å². The van der Waals surface area contributed by atoms with Crippen molar-refractivity contribution >= 4 is 17.6 Å². The summed E-state index contributed by atoms with van der Waals surface area (Å²) in [6, 6.07) is 3.32. The number of hydrogen-bond acceptors (Lipinski definition) is 3. The second-order valence-corrected chi connectivity index (χ2v) is 3.93. The minimum Gasteiger partial charge on any atom is -0.492 e. The number of ether oxygens (including phenoxy) is 1. The average molecular weight is 215 g/mol. The molecule has 2 nitrogen and oxygen atoms in total. The normalized spacial score (nSPS) is 10.0. The van der Waals surface area contributed by atoms with Gasteiger partial charge in [0.05, 0.1) is 12.8 Å². The van der Waals surface area contributed by atoms with Gasteiger partial charge in [0.15, 0.2) is 11.6 Å². The minimum atomic E-state index is -0.327. The Hall–Kier alpha value is -0.900. The molecule has 0 atom stereocenters. The molecule has 1 rings (SSSR count). The number of benzene rings is 1. The van der Waals surface area contributed by atoms with E-state index in [9.17, 15) is 4.39 Å². The summed E-state index contributed by atoms with van der Waals surface area (Å²) in [5.74, 6) is 0.863. The van der Waals surface area contributed by atoms with Gasteiger partial charge in [0.1, 0.15) is 0 Å². The molecule has 0 bridgehead atoms. The maximum atomic E-state index is 13.4. The van der Waals surface area contributed by atoms with Crippen LogP contribution in [0.2, 0.25) is 0 Å². The maximum Gasteiger partial charge on any atom is 0.178 e. The second-order valence-electron chi connectivity index (χ2n) is 2.86. The number of halogens is 1. The summed E-state index contributed by atoms with van der Waals surface area (Å²) in [5, 5.41) is 0. The summed E-state index contributed by atoms with van der Waals surface area (Å²) >= 11 is 1.51. The highest BCUT2D eigenvalue weighted by molar-refractivity contribution is 8.00. The van der Waals surface area contributed by atoms with Gasteiger partial charge in [-0.3, -0.25) is 0 Å². The number of methoxy groups -OCH3 is 1. The second kappa shape index (κ2) is 5.10. The molecule has 0 aliphatic heterocycles. The molecule has 0 aliphatic carbocycles. The molecule has 0 unspecified atom stereocenters. The fourth-order valence-electron chi connectivity index (χ4n) is 1.16. The molecule has 0 spiro atoms. The number of anilines is 1. The van der Waals surface area contributed by atoms with E-state index in [1.165, 1.54) is 25.1 Å². The van der Waals surface area contributed by atoms with Gasteiger partial charge in [0.25, 0.3) is 0 Å². The van der Waals surface area contributed by atoms with E-state index in [4.69, 9.17) is 4.74 Å². The molecule has 0 fully saturated rings. The van der Waals surface area contributed by atoms with Crippen LogP contribution < -0.4 is 9.46 Å². The van der Waals surface area contributed by atoms with Crippen LogP contribution >= 0.6 is 11.9 Å². The molecule has 14 heavy (non-hydrogen) atoms. The predicted octanol–water partition coefficient (Wildman–Crippen LogP) is 3.22. The van der Waals surface area contributed by atoms with E-state index < -0.39 is 0 Å². The van der Waals surface area contributed by atoms with Crippen molar-refractivity contribution in [1.29, 1.82) is 0 Å². The molecule has 78 valence electrons. The number of hydrogen-bond donors (Lipinski definition) is 1. The van der Waals surface area contributed by atoms with Crippen LogP contribution in [-0.4, -0.2) is 12.9 Å². The number of aryl methyl sites for hydroxylation is 1. The molecule has 0 radical (unpaired) electrons. The van der Waals surface area contributed by atoms with Crippen molar-refractivity contribution in [1.82, 2.24) is 0 Å². The maximum absolute atomic E-state index is 13.4. The lowest BCUT2D eigenvalue weighted by Gasteiger charge is -2.11. The van der Waals surface area contributed by atoms with Gasteiger partial charge in [-0.2, -0.15) is 0 Å². The van der Waals surface area contributed by atoms with Crippen LogP contribution in [0.25, 0.3) is 0 Å². The topological polar surface area (TPSA) is 21.3 Å². The zero-order valence-electron chi connectivity index (χ0n) is 8.56. The third-order valence-corrected chi connectivity index (χ3v) is 2.37. The third-order valence-electron chi connectivity index (χ3n) is 1.72. The van der Waals surface area contributed by atoms with Gasteiger partial charge < -0.3 is 9.46 Å². The lowest BCUT2D eigenvalue weighted by molar-refractivity contribution is 0.388. The Morgan fingerprint density at radius 3 is 2.79 bits per heavy atom. The average Bonchev–Trinajstić information content (AvgIpc) is 2.14. The first-order valence-electron chi connectivity index (χ1n) is 4.41. The Balaban J connectivity index is 2.99. The summed E-state index contributed by atoms with van der Waals surface area (Å²) in [6.07, 6.45) is 0. The van der Waals surface area contributed by atoms with E-state index in [0.717, 1.165) is 11.3 Å². The lowest BCUT2D eigenvalue weighted by Crippen LogP contribution is -1.96. The van der Waals surface area contributed by atoms with Crippen molar-refractivity contribution in [3.63, 3.8) is 0 Å². The first kappa shape index (κ1) is 11.2. The van der Waals surface area contributed by atoms with Crippen LogP contribution in [0.15, 0.2) is 12.1 Å². The molecule has 0 aliphatic rings. The van der Waals surface area contributed by atoms with Crippen LogP contribution in [-0.2, 0) is 0 Å². The fourth-order valence-corrected chi connectivity index (χ4v) is 1.61. The summed E-state index contributed by atoms with van der Waals surface area (Å²) in [4.78, 5) is 0. The fraction of sp³-hybridized carbons (Fsp3) is 0.400. The molecular weight excluding hydrogens is 201 g/mol. The standard InChI is InChI=1S/C10H14FNOS/c1-4-14-12-9-6-7(2)5-8(11)10(9)13-3/h5-6,12H,4H2,1-3H3. The Kier molecular flexibility index (Phi) is 4.07. The van der Waals surface area contributed by atoms with Crippen molar-refractivity contribution in [3.8, 4) is 5.75 Å². The largest absolute Gasteiger partial charge is 0.492 e. The van der Waals surface area contributed by atoms with Crippen molar-refractivity contribution in [2.75, 3.05) is 17.6 Å². The van der Waals surface area contributed by atoms with Crippen LogP contribution in [0, 0.1) is 12.7 Å². The molecule has 0 saturated carbocycles. The quantitative estimate of drug-likeness (QED) is 0.779. The van der Waals surface area contributed by atoms with Gasteiger partial charge in [-0.05, 0) is 24.6 Å². The lowest BCUT2D eigenvalue weighted by atomic mass is 10.2. The van der Waals surface area contributed by atoms with Gasteiger partial charge >= 0.3 is 0 Å². The first-order valence-corrected chi connectivity index (χ1v) is 5.39. The minimum absolute atomic E-state index is 0.275. The van der Waals surface area contributed by atoms with E-state index in [1.807, 2.05) is 19.9 Å². The zero-order valence-corrected chi connectivity index (χ0v) is 9.37. The summed E-state index contributed by atoms with van der Waals surface area (Å²) in [7, 11) is 1.47. The molecule has 1 N–H and O–H groups in total. The van der Waals surface area contributed by atoms with Gasteiger partial charge in [0.2, 0.25) is 0 Å². The summed E-state index contributed by atoms with van der Waals surface area (Å²) in [6.45, 7) is 3.88. The number of nitrogens with one attached hydrogen (secondary N) is 1. The van der Waals surface area contributed by atoms with Crippen molar-refractivity contribution in [3.05, 3.63) is 23.5 Å². The first-order chi connectivity index (χ1) is 6.69. The van der Waals surface area contributed by atoms with Crippen LogP contribution in [0.5, 0.6) is 5.75 Å². The van der Waals surface area contributed by atoms with Gasteiger partial charge in [-0.1, -0.05) is 18.9 Å². The highest BCUT2D eigenvalue weighted by Crippen LogP contribution is 2.30. The molecule has 0 saturated heterocycles. The summed E-state index contributed by atoms with van der Waals surface area (Å²) in [5.41, 5.74) is 1.57. The van der Waals surface area contributed by atoms with Crippen LogP contribution in [0.3, 0.4) is 0 Å². The SMILES string of the molecule is CCSNc1cc(C)cc(F)c1OC. The third kappa shape index (κ3) is 2.54. The van der Waals surface area contributed by atoms with E-state index >= 15 is 0 Å². The molecule has 4 heteroatoms. The van der Waals surface area contributed by atoms with E-state index in [1.54, 1.807) is 0 Å². The van der Waals surface area contributed by atoms with Gasteiger partial charge in [-0.15, -0.1) is 0 Å². The monoisotopic (exact) mass is 215 g/mol. The Morgan fingerprint density at radius 2 is 2.21 bits per heavy atom. The smallest absolute Gasteiger partial charge is 0.178 e. The van der Waals surface area contributed by atoms with Crippen molar-refractivity contribution in [2.45, 2.75) is 13.8 Å². The Morgan fingerprint density at radius 1 is 1.50 bits per heavy atom. The van der Waals surface area contributed by atoms with Crippen LogP contribution in [0.4, 0.5) is 10.1 Å². The number of rotatable bonds is 4. The van der Waals surface area contributed by atoms with Gasteiger partial charge in [0, 0.05) is 5.75 Å². The highest BCUT2D eigenvalue weighted by atomic mass is 32.2. The van der Waals surface area contributed by atoms with Crippen molar-refractivity contribution in [2.24, 2.45) is 0 Å². The molecule has 0 aromatic heterocycles. The van der Waals surface area contributed by atoms with Crippen LogP contribution in [0.1, 0.15) is 12.5 Å². The predicted molar refractivity (Wildman–Crippen MR) is 59.4 cm³/mol.